The number of hydrogen-bond donors (Lipinski definition) is 0. The first-order valence-electron chi connectivity index (χ1n) is 8.69. The lowest BCUT2D eigenvalue weighted by atomic mass is 9.64. The molecule has 0 heterocycles. The van der Waals surface area contributed by atoms with Gasteiger partial charge in [0.1, 0.15) is 0 Å². The maximum atomic E-state index is 4.25. The summed E-state index contributed by atoms with van der Waals surface area (Å²) >= 11 is 0. The summed E-state index contributed by atoms with van der Waals surface area (Å²) in [7, 11) is 0. The quantitative estimate of drug-likeness (QED) is 0.531. The van der Waals surface area contributed by atoms with Gasteiger partial charge in [-0.2, -0.15) is 0 Å². The molecule has 20 heavy (non-hydrogen) atoms. The Kier molecular flexibility index (Phi) is 3.93. The lowest BCUT2D eigenvalue weighted by Gasteiger charge is -2.41. The van der Waals surface area contributed by atoms with Gasteiger partial charge >= 0.3 is 0 Å². The molecule has 0 nitrogen and oxygen atoms in total. The van der Waals surface area contributed by atoms with Gasteiger partial charge < -0.3 is 0 Å². The predicted octanol–water partition coefficient (Wildman–Crippen LogP) is 6.21. The Morgan fingerprint density at radius 2 is 1.85 bits per heavy atom. The van der Waals surface area contributed by atoms with E-state index in [0.717, 1.165) is 11.8 Å². The van der Waals surface area contributed by atoms with Gasteiger partial charge in [-0.05, 0) is 80.6 Å². The third-order valence-corrected chi connectivity index (χ3v) is 6.57. The van der Waals surface area contributed by atoms with E-state index in [1.54, 1.807) is 5.57 Å². The van der Waals surface area contributed by atoms with Crippen LogP contribution in [0, 0.1) is 17.3 Å². The van der Waals surface area contributed by atoms with Gasteiger partial charge in [-0.1, -0.05) is 43.7 Å². The van der Waals surface area contributed by atoms with Crippen molar-refractivity contribution in [2.24, 2.45) is 17.3 Å². The van der Waals surface area contributed by atoms with Crippen LogP contribution < -0.4 is 0 Å². The minimum atomic E-state index is 0.589. The van der Waals surface area contributed by atoms with Crippen LogP contribution in [0.4, 0.5) is 0 Å². The van der Waals surface area contributed by atoms with Crippen LogP contribution in [0.3, 0.4) is 0 Å². The van der Waals surface area contributed by atoms with Gasteiger partial charge in [0.2, 0.25) is 0 Å². The van der Waals surface area contributed by atoms with E-state index in [1.165, 1.54) is 68.9 Å². The number of rotatable bonds is 1. The van der Waals surface area contributed by atoms with E-state index in [9.17, 15) is 0 Å². The monoisotopic (exact) mass is 270 g/mol. The third kappa shape index (κ3) is 2.43. The minimum absolute atomic E-state index is 0.589. The largest absolute Gasteiger partial charge is 0.0956 e. The van der Waals surface area contributed by atoms with Crippen molar-refractivity contribution in [2.75, 3.05) is 0 Å². The number of hydrogen-bond acceptors (Lipinski definition) is 0. The Labute approximate surface area is 125 Å². The molecule has 3 aliphatic rings. The molecule has 3 aliphatic carbocycles. The van der Waals surface area contributed by atoms with Crippen LogP contribution in [0.5, 0.6) is 0 Å². The minimum Gasteiger partial charge on any atom is -0.0956 e. The van der Waals surface area contributed by atoms with Crippen LogP contribution in [0.2, 0.25) is 0 Å². The Balaban J connectivity index is 1.81. The summed E-state index contributed by atoms with van der Waals surface area (Å²) in [6.45, 7) is 9.28. The van der Waals surface area contributed by atoms with E-state index in [4.69, 9.17) is 0 Å². The molecule has 110 valence electrons. The lowest BCUT2D eigenvalue weighted by molar-refractivity contribution is 0.147. The van der Waals surface area contributed by atoms with Crippen molar-refractivity contribution in [1.82, 2.24) is 0 Å². The molecule has 0 aromatic rings. The summed E-state index contributed by atoms with van der Waals surface area (Å²) in [5.41, 5.74) is 5.26. The maximum absolute atomic E-state index is 4.25. The molecule has 0 aromatic heterocycles. The van der Waals surface area contributed by atoms with E-state index in [-0.39, 0.29) is 0 Å². The highest BCUT2D eigenvalue weighted by Crippen LogP contribution is 2.57. The molecule has 3 saturated carbocycles. The fourth-order valence-electron chi connectivity index (χ4n) is 4.90. The first kappa shape index (κ1) is 14.2. The average Bonchev–Trinajstić information content (AvgIpc) is 2.74. The van der Waals surface area contributed by atoms with Crippen LogP contribution in [-0.2, 0) is 0 Å². The van der Waals surface area contributed by atoms with Crippen molar-refractivity contribution in [3.8, 4) is 0 Å². The van der Waals surface area contributed by atoms with Gasteiger partial charge in [0, 0.05) is 0 Å². The molecular formula is C20H30. The number of fused-ring (bicyclic) bond motifs is 1. The van der Waals surface area contributed by atoms with Gasteiger partial charge in [0.05, 0.1) is 0 Å². The van der Waals surface area contributed by atoms with Gasteiger partial charge in [-0.15, -0.1) is 0 Å². The summed E-state index contributed by atoms with van der Waals surface area (Å²) in [5.74, 6) is 1.77. The molecule has 3 rings (SSSR count). The molecule has 3 atom stereocenters. The Morgan fingerprint density at radius 3 is 2.65 bits per heavy atom. The first-order chi connectivity index (χ1) is 9.61. The van der Waals surface area contributed by atoms with Gasteiger partial charge in [0.15, 0.2) is 0 Å². The molecule has 0 radical (unpaired) electrons. The van der Waals surface area contributed by atoms with Crippen LogP contribution in [0.25, 0.3) is 0 Å². The molecule has 0 N–H and O–H groups in total. The van der Waals surface area contributed by atoms with Crippen molar-refractivity contribution in [1.29, 1.82) is 0 Å². The van der Waals surface area contributed by atoms with Crippen LogP contribution >= 0.6 is 0 Å². The van der Waals surface area contributed by atoms with E-state index in [1.807, 2.05) is 0 Å². The second-order valence-electron chi connectivity index (χ2n) is 7.63. The molecule has 0 aliphatic heterocycles. The summed E-state index contributed by atoms with van der Waals surface area (Å²) in [6.07, 6.45) is 17.1. The summed E-state index contributed by atoms with van der Waals surface area (Å²) < 4.78 is 0. The highest BCUT2D eigenvalue weighted by Gasteiger charge is 2.46. The standard InChI is InChI=1S/C20H30/c1-15-7-4-5-8-17(15)11-12-18-9-6-14-20(3)16(2)10-13-19(18)20/h11-12,16,19H,1,4-10,13-14H2,2-3H3/t16-,19?,20+/m0/s1. The zero-order valence-electron chi connectivity index (χ0n) is 13.4. The van der Waals surface area contributed by atoms with Crippen molar-refractivity contribution in [2.45, 2.75) is 71.6 Å². The second kappa shape index (κ2) is 5.54. The molecule has 1 unspecified atom stereocenters. The van der Waals surface area contributed by atoms with Crippen molar-refractivity contribution < 1.29 is 0 Å². The van der Waals surface area contributed by atoms with Crippen molar-refractivity contribution >= 4 is 0 Å². The highest BCUT2D eigenvalue weighted by molar-refractivity contribution is 5.35. The first-order valence-corrected chi connectivity index (χ1v) is 8.69. The zero-order chi connectivity index (χ0) is 14.2. The molecule has 0 aromatic carbocycles. The summed E-state index contributed by atoms with van der Waals surface area (Å²) in [4.78, 5) is 0. The van der Waals surface area contributed by atoms with Crippen LogP contribution in [0.1, 0.15) is 71.6 Å². The fourth-order valence-corrected chi connectivity index (χ4v) is 4.90. The van der Waals surface area contributed by atoms with E-state index in [0.29, 0.717) is 5.41 Å². The molecule has 0 spiro atoms. The SMILES string of the molecule is C=C1CCCCC1=CC=C1CCC[C@@]2(C)C1CC[C@@H]2C. The Hall–Kier alpha value is -0.780. The smallest absolute Gasteiger partial charge is 0.0143 e. The predicted molar refractivity (Wildman–Crippen MR) is 87.6 cm³/mol. The van der Waals surface area contributed by atoms with Gasteiger partial charge in [-0.25, -0.2) is 0 Å². The van der Waals surface area contributed by atoms with Crippen LogP contribution in [-0.4, -0.2) is 0 Å². The zero-order valence-corrected chi connectivity index (χ0v) is 13.4. The molecule has 0 heteroatoms. The van der Waals surface area contributed by atoms with E-state index >= 15 is 0 Å². The lowest BCUT2D eigenvalue weighted by Crippen LogP contribution is -2.31. The van der Waals surface area contributed by atoms with Crippen molar-refractivity contribution in [3.63, 3.8) is 0 Å². The van der Waals surface area contributed by atoms with Gasteiger partial charge in [-0.3, -0.25) is 0 Å². The van der Waals surface area contributed by atoms with E-state index < -0.39 is 0 Å². The number of allylic oxidation sites excluding steroid dienone is 5. The summed E-state index contributed by atoms with van der Waals surface area (Å²) in [6, 6.07) is 0. The maximum Gasteiger partial charge on any atom is -0.0143 e. The molecule has 3 fully saturated rings. The normalized spacial score (nSPS) is 42.2. The summed E-state index contributed by atoms with van der Waals surface area (Å²) in [5, 5.41) is 0. The fraction of sp³-hybridized carbons (Fsp3) is 0.700. The molecule has 0 amide bonds. The topological polar surface area (TPSA) is 0 Å². The van der Waals surface area contributed by atoms with E-state index in [2.05, 4.69) is 32.6 Å². The molecule has 0 bridgehead atoms. The average molecular weight is 270 g/mol. The highest BCUT2D eigenvalue weighted by atomic mass is 14.5. The second-order valence-corrected chi connectivity index (χ2v) is 7.63. The Bertz CT molecular complexity index is 451. The van der Waals surface area contributed by atoms with Crippen molar-refractivity contribution in [3.05, 3.63) is 35.5 Å². The molecular weight excluding hydrogens is 240 g/mol. The third-order valence-electron chi connectivity index (χ3n) is 6.57. The van der Waals surface area contributed by atoms with Gasteiger partial charge in [0.25, 0.3) is 0 Å². The van der Waals surface area contributed by atoms with Crippen LogP contribution in [0.15, 0.2) is 35.5 Å². The molecule has 0 saturated heterocycles. The Morgan fingerprint density at radius 1 is 1.05 bits per heavy atom.